The Morgan fingerprint density at radius 3 is 2.44 bits per heavy atom. The summed E-state index contributed by atoms with van der Waals surface area (Å²) in [5.74, 6) is 2.75. The highest BCUT2D eigenvalue weighted by atomic mass is 32.2. The molecular formula is C19H18F3NO3S. The molecule has 1 amide bonds. The second kappa shape index (κ2) is 8.12. The third-order valence-electron chi connectivity index (χ3n) is 4.15. The minimum atomic E-state index is -4.39. The van der Waals surface area contributed by atoms with E-state index in [-0.39, 0.29) is 17.6 Å². The Morgan fingerprint density at radius 2 is 1.85 bits per heavy atom. The number of amides is 1. The number of anilines is 1. The fourth-order valence-electron chi connectivity index (χ4n) is 2.67. The molecule has 27 heavy (non-hydrogen) atoms. The van der Waals surface area contributed by atoms with E-state index < -0.39 is 11.7 Å². The highest BCUT2D eigenvalue weighted by Gasteiger charge is 2.30. The first-order valence-corrected chi connectivity index (χ1v) is 9.44. The molecule has 1 atom stereocenters. The van der Waals surface area contributed by atoms with Gasteiger partial charge in [-0.15, -0.1) is 0 Å². The molecule has 8 heteroatoms. The van der Waals surface area contributed by atoms with Crippen molar-refractivity contribution >= 4 is 23.4 Å². The molecule has 0 bridgehead atoms. The van der Waals surface area contributed by atoms with Crippen LogP contribution in [0.15, 0.2) is 42.5 Å². The lowest BCUT2D eigenvalue weighted by Gasteiger charge is -2.15. The highest BCUT2D eigenvalue weighted by molar-refractivity contribution is 7.99. The van der Waals surface area contributed by atoms with E-state index in [0.717, 1.165) is 30.1 Å². The summed E-state index contributed by atoms with van der Waals surface area (Å²) in [7, 11) is 1.49. The largest absolute Gasteiger partial charge is 0.495 e. The van der Waals surface area contributed by atoms with Gasteiger partial charge in [0.25, 0.3) is 0 Å². The van der Waals surface area contributed by atoms with Crippen LogP contribution in [0.2, 0.25) is 0 Å². The topological polar surface area (TPSA) is 47.6 Å². The fraction of sp³-hybridized carbons (Fsp3) is 0.316. The Morgan fingerprint density at radius 1 is 1.15 bits per heavy atom. The van der Waals surface area contributed by atoms with Crippen molar-refractivity contribution in [3.8, 4) is 17.2 Å². The molecule has 0 aliphatic carbocycles. The molecule has 2 aromatic carbocycles. The second-order valence-electron chi connectivity index (χ2n) is 6.04. The van der Waals surface area contributed by atoms with Gasteiger partial charge in [0.05, 0.1) is 18.4 Å². The van der Waals surface area contributed by atoms with Gasteiger partial charge in [-0.3, -0.25) is 4.79 Å². The van der Waals surface area contributed by atoms with Crippen LogP contribution < -0.4 is 14.8 Å². The van der Waals surface area contributed by atoms with Crippen molar-refractivity contribution in [1.29, 1.82) is 0 Å². The van der Waals surface area contributed by atoms with Gasteiger partial charge in [0.15, 0.2) is 0 Å². The Hall–Kier alpha value is -2.35. The zero-order valence-corrected chi connectivity index (χ0v) is 15.3. The molecule has 1 aliphatic rings. The molecule has 1 heterocycles. The van der Waals surface area contributed by atoms with Gasteiger partial charge in [0, 0.05) is 17.7 Å². The van der Waals surface area contributed by atoms with Crippen LogP contribution in [-0.2, 0) is 11.0 Å². The van der Waals surface area contributed by atoms with Gasteiger partial charge in [-0.2, -0.15) is 24.9 Å². The smallest absolute Gasteiger partial charge is 0.416 e. The number of alkyl halides is 3. The summed E-state index contributed by atoms with van der Waals surface area (Å²) < 4.78 is 48.8. The Bertz CT molecular complexity index is 803. The molecule has 1 unspecified atom stereocenters. The number of carbonyl (C=O) groups is 1. The van der Waals surface area contributed by atoms with E-state index in [9.17, 15) is 18.0 Å². The molecule has 1 aliphatic heterocycles. The standard InChI is InChI=1S/C19H18F3NO3S/c1-25-17-7-6-15(10-16(17)23-18(24)12-8-9-27-11-12)26-14-4-2-13(3-5-14)19(20,21)22/h2-7,10,12H,8-9,11H2,1H3,(H,23,24). The Balaban J connectivity index is 1.75. The summed E-state index contributed by atoms with van der Waals surface area (Å²) in [6.45, 7) is 0. The molecule has 3 rings (SSSR count). The number of rotatable bonds is 5. The molecule has 144 valence electrons. The lowest BCUT2D eigenvalue weighted by molar-refractivity contribution is -0.137. The van der Waals surface area contributed by atoms with Crippen LogP contribution in [0.4, 0.5) is 18.9 Å². The molecule has 4 nitrogen and oxygen atoms in total. The zero-order chi connectivity index (χ0) is 19.4. The minimum Gasteiger partial charge on any atom is -0.495 e. The summed E-state index contributed by atoms with van der Waals surface area (Å²) in [4.78, 5) is 12.4. The van der Waals surface area contributed by atoms with Crippen LogP contribution in [0.25, 0.3) is 0 Å². The van der Waals surface area contributed by atoms with Crippen molar-refractivity contribution < 1.29 is 27.4 Å². The number of carbonyl (C=O) groups excluding carboxylic acids is 1. The fourth-order valence-corrected chi connectivity index (χ4v) is 3.89. The van der Waals surface area contributed by atoms with E-state index in [1.54, 1.807) is 30.0 Å². The number of hydrogen-bond acceptors (Lipinski definition) is 4. The number of thioether (sulfide) groups is 1. The molecule has 0 aromatic heterocycles. The maximum Gasteiger partial charge on any atom is 0.416 e. The van der Waals surface area contributed by atoms with Crippen LogP contribution in [-0.4, -0.2) is 24.5 Å². The van der Waals surface area contributed by atoms with Crippen LogP contribution in [0, 0.1) is 5.92 Å². The zero-order valence-electron chi connectivity index (χ0n) is 14.5. The van der Waals surface area contributed by atoms with Crippen LogP contribution in [0.1, 0.15) is 12.0 Å². The summed E-state index contributed by atoms with van der Waals surface area (Å²) >= 11 is 1.74. The molecule has 0 radical (unpaired) electrons. The third-order valence-corrected chi connectivity index (χ3v) is 5.31. The minimum absolute atomic E-state index is 0.0424. The van der Waals surface area contributed by atoms with Crippen LogP contribution >= 0.6 is 11.8 Å². The second-order valence-corrected chi connectivity index (χ2v) is 7.19. The first-order valence-electron chi connectivity index (χ1n) is 8.28. The monoisotopic (exact) mass is 397 g/mol. The van der Waals surface area contributed by atoms with Crippen molar-refractivity contribution in [3.63, 3.8) is 0 Å². The molecule has 1 fully saturated rings. The number of halogens is 3. The average Bonchev–Trinajstić information content (AvgIpc) is 3.16. The number of hydrogen-bond donors (Lipinski definition) is 1. The number of methoxy groups -OCH3 is 1. The Labute approximate surface area is 159 Å². The van der Waals surface area contributed by atoms with Gasteiger partial charge in [-0.1, -0.05) is 0 Å². The first-order chi connectivity index (χ1) is 12.9. The van der Waals surface area contributed by atoms with Crippen molar-refractivity contribution in [2.45, 2.75) is 12.6 Å². The van der Waals surface area contributed by atoms with E-state index >= 15 is 0 Å². The van der Waals surface area contributed by atoms with Crippen LogP contribution in [0.5, 0.6) is 17.2 Å². The number of ether oxygens (including phenoxy) is 2. The lowest BCUT2D eigenvalue weighted by Crippen LogP contribution is -2.22. The van der Waals surface area contributed by atoms with E-state index in [2.05, 4.69) is 5.32 Å². The first kappa shape index (κ1) is 19.4. The van der Waals surface area contributed by atoms with Gasteiger partial charge >= 0.3 is 6.18 Å². The van der Waals surface area contributed by atoms with Crippen molar-refractivity contribution in [2.24, 2.45) is 5.92 Å². The quantitative estimate of drug-likeness (QED) is 0.754. The Kier molecular flexibility index (Phi) is 5.84. The summed E-state index contributed by atoms with van der Waals surface area (Å²) in [5, 5.41) is 2.85. The maximum absolute atomic E-state index is 12.6. The average molecular weight is 397 g/mol. The predicted octanol–water partition coefficient (Wildman–Crippen LogP) is 5.20. The molecular weight excluding hydrogens is 379 g/mol. The van der Waals surface area contributed by atoms with E-state index in [0.29, 0.717) is 17.2 Å². The molecule has 2 aromatic rings. The summed E-state index contributed by atoms with van der Waals surface area (Å²) in [5.41, 5.74) is -0.282. The normalized spacial score (nSPS) is 16.8. The van der Waals surface area contributed by atoms with Crippen molar-refractivity contribution in [2.75, 3.05) is 23.9 Å². The summed E-state index contributed by atoms with van der Waals surface area (Å²) in [6.07, 6.45) is -3.56. The van der Waals surface area contributed by atoms with Crippen LogP contribution in [0.3, 0.4) is 0 Å². The lowest BCUT2D eigenvalue weighted by atomic mass is 10.1. The van der Waals surface area contributed by atoms with E-state index in [4.69, 9.17) is 9.47 Å². The van der Waals surface area contributed by atoms with Gasteiger partial charge in [-0.25, -0.2) is 0 Å². The third kappa shape index (κ3) is 4.88. The SMILES string of the molecule is COc1ccc(Oc2ccc(C(F)(F)F)cc2)cc1NC(=O)C1CCSC1. The van der Waals surface area contributed by atoms with Gasteiger partial charge in [0.1, 0.15) is 17.2 Å². The van der Waals surface area contributed by atoms with E-state index in [1.165, 1.54) is 19.2 Å². The summed E-state index contributed by atoms with van der Waals surface area (Å²) in [6, 6.07) is 9.27. The number of benzene rings is 2. The van der Waals surface area contributed by atoms with Gasteiger partial charge < -0.3 is 14.8 Å². The molecule has 1 N–H and O–H groups in total. The highest BCUT2D eigenvalue weighted by Crippen LogP contribution is 2.34. The molecule has 0 saturated carbocycles. The van der Waals surface area contributed by atoms with Gasteiger partial charge in [0.2, 0.25) is 5.91 Å². The molecule has 0 spiro atoms. The van der Waals surface area contributed by atoms with E-state index in [1.807, 2.05) is 0 Å². The predicted molar refractivity (Wildman–Crippen MR) is 98.6 cm³/mol. The number of nitrogens with one attached hydrogen (secondary N) is 1. The van der Waals surface area contributed by atoms with Crippen molar-refractivity contribution in [3.05, 3.63) is 48.0 Å². The van der Waals surface area contributed by atoms with Crippen molar-refractivity contribution in [1.82, 2.24) is 0 Å². The maximum atomic E-state index is 12.6. The van der Waals surface area contributed by atoms with Gasteiger partial charge in [-0.05, 0) is 48.6 Å². The molecule has 1 saturated heterocycles.